The lowest BCUT2D eigenvalue weighted by molar-refractivity contribution is 1.06. The van der Waals surface area contributed by atoms with Gasteiger partial charge in [0.2, 0.25) is 0 Å². The summed E-state index contributed by atoms with van der Waals surface area (Å²) >= 11 is 0. The number of hydrogen-bond acceptors (Lipinski definition) is 2. The minimum atomic E-state index is 0.855. The van der Waals surface area contributed by atoms with Crippen LogP contribution in [-0.4, -0.2) is 6.54 Å². The van der Waals surface area contributed by atoms with Crippen LogP contribution in [0, 0.1) is 6.92 Å². The molecule has 0 atom stereocenters. The minimum Gasteiger partial charge on any atom is -0.397 e. The van der Waals surface area contributed by atoms with Crippen molar-refractivity contribution in [3.05, 3.63) is 35.9 Å². The molecule has 0 unspecified atom stereocenters. The van der Waals surface area contributed by atoms with Gasteiger partial charge in [0.25, 0.3) is 0 Å². The Morgan fingerprint density at radius 1 is 1.43 bits per heavy atom. The fraction of sp³-hybridized carbons (Fsp3) is 0.333. The van der Waals surface area contributed by atoms with Crippen molar-refractivity contribution in [1.29, 1.82) is 0 Å². The van der Waals surface area contributed by atoms with Crippen LogP contribution in [0.3, 0.4) is 0 Å². The third kappa shape index (κ3) is 2.80. The summed E-state index contributed by atoms with van der Waals surface area (Å²) in [5.41, 5.74) is 8.93. The molecule has 0 aliphatic rings. The lowest BCUT2D eigenvalue weighted by atomic mass is 10.1. The standard InChI is InChI=1S/C12H18N2/c1-3-4-5-9-14-11-8-6-7-10(2)12(11)13/h3-4,6-8,14H,5,9,13H2,1-2H3/b4-3+. The molecular weight excluding hydrogens is 172 g/mol. The zero-order valence-electron chi connectivity index (χ0n) is 8.88. The first-order chi connectivity index (χ1) is 6.75. The number of allylic oxidation sites excluding steroid dienone is 1. The molecule has 0 saturated heterocycles. The number of nitrogen functional groups attached to an aromatic ring is 1. The second kappa shape index (κ2) is 5.32. The first-order valence-electron chi connectivity index (χ1n) is 4.96. The first-order valence-corrected chi connectivity index (χ1v) is 4.96. The fourth-order valence-electron chi connectivity index (χ4n) is 1.29. The van der Waals surface area contributed by atoms with E-state index in [1.807, 2.05) is 32.0 Å². The number of aryl methyl sites for hydroxylation is 1. The molecule has 0 aromatic heterocycles. The van der Waals surface area contributed by atoms with Crippen LogP contribution in [0.1, 0.15) is 18.9 Å². The topological polar surface area (TPSA) is 38.0 Å². The maximum Gasteiger partial charge on any atom is 0.0579 e. The van der Waals surface area contributed by atoms with Crippen LogP contribution in [0.2, 0.25) is 0 Å². The largest absolute Gasteiger partial charge is 0.397 e. The Bertz CT molecular complexity index is 316. The molecule has 0 fully saturated rings. The van der Waals surface area contributed by atoms with Gasteiger partial charge in [0.15, 0.2) is 0 Å². The smallest absolute Gasteiger partial charge is 0.0579 e. The number of nitrogens with one attached hydrogen (secondary N) is 1. The van der Waals surface area contributed by atoms with Crippen LogP contribution in [-0.2, 0) is 0 Å². The van der Waals surface area contributed by atoms with Gasteiger partial charge in [0, 0.05) is 6.54 Å². The monoisotopic (exact) mass is 190 g/mol. The molecule has 2 heteroatoms. The van der Waals surface area contributed by atoms with E-state index in [2.05, 4.69) is 17.5 Å². The molecule has 0 radical (unpaired) electrons. The summed E-state index contributed by atoms with van der Waals surface area (Å²) < 4.78 is 0. The maximum atomic E-state index is 5.92. The van der Waals surface area contributed by atoms with Gasteiger partial charge in [-0.1, -0.05) is 24.3 Å². The molecular formula is C12H18N2. The predicted octanol–water partition coefficient (Wildman–Crippen LogP) is 2.96. The zero-order chi connectivity index (χ0) is 10.4. The predicted molar refractivity (Wildman–Crippen MR) is 63.5 cm³/mol. The van der Waals surface area contributed by atoms with E-state index in [0.29, 0.717) is 0 Å². The highest BCUT2D eigenvalue weighted by Crippen LogP contribution is 2.21. The van der Waals surface area contributed by atoms with Gasteiger partial charge in [0.1, 0.15) is 0 Å². The zero-order valence-corrected chi connectivity index (χ0v) is 8.88. The highest BCUT2D eigenvalue weighted by molar-refractivity contribution is 5.69. The Labute approximate surface area is 85.8 Å². The van der Waals surface area contributed by atoms with E-state index >= 15 is 0 Å². The molecule has 0 spiro atoms. The molecule has 3 N–H and O–H groups in total. The molecule has 1 aromatic carbocycles. The second-order valence-electron chi connectivity index (χ2n) is 3.32. The van der Waals surface area contributed by atoms with Crippen LogP contribution in [0.25, 0.3) is 0 Å². The molecule has 0 aliphatic carbocycles. The Hall–Kier alpha value is -1.44. The molecule has 0 amide bonds. The third-order valence-electron chi connectivity index (χ3n) is 2.19. The van der Waals surface area contributed by atoms with E-state index in [9.17, 15) is 0 Å². The summed E-state index contributed by atoms with van der Waals surface area (Å²) in [6.07, 6.45) is 5.23. The second-order valence-corrected chi connectivity index (χ2v) is 3.32. The molecule has 1 rings (SSSR count). The van der Waals surface area contributed by atoms with Crippen molar-refractivity contribution in [3.63, 3.8) is 0 Å². The van der Waals surface area contributed by atoms with Gasteiger partial charge in [-0.25, -0.2) is 0 Å². The van der Waals surface area contributed by atoms with E-state index in [4.69, 9.17) is 5.73 Å². The summed E-state index contributed by atoms with van der Waals surface area (Å²) in [7, 11) is 0. The Balaban J connectivity index is 2.54. The Kier molecular flexibility index (Phi) is 4.05. The van der Waals surface area contributed by atoms with Crippen molar-refractivity contribution in [1.82, 2.24) is 0 Å². The average Bonchev–Trinajstić information content (AvgIpc) is 2.19. The minimum absolute atomic E-state index is 0.855. The van der Waals surface area contributed by atoms with Crippen LogP contribution >= 0.6 is 0 Å². The van der Waals surface area contributed by atoms with Crippen molar-refractivity contribution in [2.75, 3.05) is 17.6 Å². The third-order valence-corrected chi connectivity index (χ3v) is 2.19. The number of para-hydroxylation sites is 1. The highest BCUT2D eigenvalue weighted by atomic mass is 14.9. The van der Waals surface area contributed by atoms with E-state index < -0.39 is 0 Å². The molecule has 0 saturated carbocycles. The van der Waals surface area contributed by atoms with Crippen LogP contribution in [0.5, 0.6) is 0 Å². The maximum absolute atomic E-state index is 5.92. The summed E-state index contributed by atoms with van der Waals surface area (Å²) in [5.74, 6) is 0. The van der Waals surface area contributed by atoms with Crippen molar-refractivity contribution in [2.24, 2.45) is 0 Å². The lowest BCUT2D eigenvalue weighted by Gasteiger charge is -2.09. The normalized spacial score (nSPS) is 10.7. The van der Waals surface area contributed by atoms with Crippen molar-refractivity contribution in [2.45, 2.75) is 20.3 Å². The van der Waals surface area contributed by atoms with Crippen LogP contribution in [0.4, 0.5) is 11.4 Å². The molecule has 0 bridgehead atoms. The summed E-state index contributed by atoms with van der Waals surface area (Å²) in [5, 5.41) is 3.31. The summed E-state index contributed by atoms with van der Waals surface area (Å²) in [6, 6.07) is 6.05. The number of benzene rings is 1. The van der Waals surface area contributed by atoms with Gasteiger partial charge in [-0.15, -0.1) is 0 Å². The molecule has 0 heterocycles. The molecule has 76 valence electrons. The quantitative estimate of drug-likeness (QED) is 0.435. The van der Waals surface area contributed by atoms with Crippen molar-refractivity contribution >= 4 is 11.4 Å². The molecule has 2 nitrogen and oxygen atoms in total. The van der Waals surface area contributed by atoms with E-state index in [-0.39, 0.29) is 0 Å². The number of rotatable bonds is 4. The summed E-state index contributed by atoms with van der Waals surface area (Å²) in [4.78, 5) is 0. The van der Waals surface area contributed by atoms with Crippen LogP contribution in [0.15, 0.2) is 30.4 Å². The Morgan fingerprint density at radius 2 is 2.21 bits per heavy atom. The number of hydrogen-bond donors (Lipinski definition) is 2. The van der Waals surface area contributed by atoms with Gasteiger partial charge in [-0.2, -0.15) is 0 Å². The van der Waals surface area contributed by atoms with E-state index in [0.717, 1.165) is 29.9 Å². The molecule has 14 heavy (non-hydrogen) atoms. The molecule has 0 aliphatic heterocycles. The van der Waals surface area contributed by atoms with E-state index in [1.165, 1.54) is 0 Å². The first kappa shape index (κ1) is 10.6. The van der Waals surface area contributed by atoms with Crippen LogP contribution < -0.4 is 11.1 Å². The summed E-state index contributed by atoms with van der Waals surface area (Å²) in [6.45, 7) is 4.98. The SMILES string of the molecule is C/C=C/CCNc1cccc(C)c1N. The molecule has 1 aromatic rings. The number of nitrogens with two attached hydrogens (primary N) is 1. The highest BCUT2D eigenvalue weighted by Gasteiger charge is 1.98. The van der Waals surface area contributed by atoms with Gasteiger partial charge in [-0.3, -0.25) is 0 Å². The van der Waals surface area contributed by atoms with Gasteiger partial charge >= 0.3 is 0 Å². The average molecular weight is 190 g/mol. The van der Waals surface area contributed by atoms with Crippen molar-refractivity contribution < 1.29 is 0 Å². The van der Waals surface area contributed by atoms with Crippen molar-refractivity contribution in [3.8, 4) is 0 Å². The number of anilines is 2. The fourth-order valence-corrected chi connectivity index (χ4v) is 1.29. The van der Waals surface area contributed by atoms with Gasteiger partial charge < -0.3 is 11.1 Å². The Morgan fingerprint density at radius 3 is 2.93 bits per heavy atom. The van der Waals surface area contributed by atoms with Gasteiger partial charge in [-0.05, 0) is 31.9 Å². The lowest BCUT2D eigenvalue weighted by Crippen LogP contribution is -2.04. The van der Waals surface area contributed by atoms with Gasteiger partial charge in [0.05, 0.1) is 11.4 Å². The van der Waals surface area contributed by atoms with E-state index in [1.54, 1.807) is 0 Å².